The zero-order valence-electron chi connectivity index (χ0n) is 21.5. The second-order valence-electron chi connectivity index (χ2n) is 9.68. The average Bonchev–Trinajstić information content (AvgIpc) is 2.81. The quantitative estimate of drug-likeness (QED) is 0.444. The Labute approximate surface area is 206 Å². The van der Waals surface area contributed by atoms with Gasteiger partial charge in [0.05, 0.1) is 4.90 Å². The molecule has 1 aromatic rings. The number of nitrogens with zero attached hydrogens (tertiary/aromatic N) is 2. The highest BCUT2D eigenvalue weighted by Crippen LogP contribution is 2.19. The predicted octanol–water partition coefficient (Wildman–Crippen LogP) is 4.11. The van der Waals surface area contributed by atoms with Gasteiger partial charge < -0.3 is 9.80 Å². The number of benzene rings is 1. The molecule has 8 heteroatoms. The van der Waals surface area contributed by atoms with E-state index in [4.69, 9.17) is 0 Å². The average molecular weight is 494 g/mol. The molecule has 1 aliphatic heterocycles. The van der Waals surface area contributed by atoms with Gasteiger partial charge in [0.2, 0.25) is 21.8 Å². The number of carbonyl (C=O) groups excluding carboxylic acids is 2. The summed E-state index contributed by atoms with van der Waals surface area (Å²) >= 11 is 0. The van der Waals surface area contributed by atoms with Crippen LogP contribution in [0.25, 0.3) is 0 Å². The molecule has 0 aliphatic carbocycles. The van der Waals surface area contributed by atoms with Crippen LogP contribution in [0.1, 0.15) is 78.2 Å². The van der Waals surface area contributed by atoms with Gasteiger partial charge in [-0.2, -0.15) is 4.72 Å². The van der Waals surface area contributed by atoms with Gasteiger partial charge in [-0.05, 0) is 38.3 Å². The van der Waals surface area contributed by atoms with Crippen molar-refractivity contribution in [1.82, 2.24) is 14.5 Å². The third kappa shape index (κ3) is 7.80. The Morgan fingerprint density at radius 1 is 1.06 bits per heavy atom. The summed E-state index contributed by atoms with van der Waals surface area (Å²) in [5.41, 5.74) is 0.968. The summed E-state index contributed by atoms with van der Waals surface area (Å²) in [5.74, 6) is -0.232. The summed E-state index contributed by atoms with van der Waals surface area (Å²) in [5, 5.41) is 0. The van der Waals surface area contributed by atoms with Crippen LogP contribution in [0.3, 0.4) is 0 Å². The largest absolute Gasteiger partial charge is 0.337 e. The fourth-order valence-electron chi connectivity index (χ4n) is 4.35. The first-order valence-electron chi connectivity index (χ1n) is 12.8. The lowest BCUT2D eigenvalue weighted by Crippen LogP contribution is -2.60. The number of unbranched alkanes of at least 4 members (excludes halogenated alkanes) is 4. The van der Waals surface area contributed by atoms with Crippen molar-refractivity contribution in [3.8, 4) is 0 Å². The second-order valence-corrected chi connectivity index (χ2v) is 11.4. The molecule has 1 heterocycles. The minimum absolute atomic E-state index is 0.0906. The summed E-state index contributed by atoms with van der Waals surface area (Å²) in [7, 11) is -3.83. The molecule has 2 rings (SSSR count). The van der Waals surface area contributed by atoms with E-state index in [1.165, 1.54) is 12.8 Å². The molecule has 0 saturated carbocycles. The molecule has 1 N–H and O–H groups in total. The Kier molecular flexibility index (Phi) is 11.0. The number of hydrogen-bond acceptors (Lipinski definition) is 4. The molecule has 3 unspecified atom stereocenters. The summed E-state index contributed by atoms with van der Waals surface area (Å²) in [6, 6.07) is 5.68. The standard InChI is InChI=1S/C26H43N3O4S/c1-6-8-9-10-11-12-24(30)29-18-17-28(19-22(29)5)26(31)25(21(4)7-2)27-34(32,33)23-15-13-20(3)14-16-23/h13-16,21-22,25,27H,6-12,17-19H2,1-5H3. The van der Waals surface area contributed by atoms with Gasteiger partial charge in [0.15, 0.2) is 0 Å². The third-order valence-electron chi connectivity index (χ3n) is 6.85. The maximum atomic E-state index is 13.5. The van der Waals surface area contributed by atoms with Crippen molar-refractivity contribution in [3.05, 3.63) is 29.8 Å². The van der Waals surface area contributed by atoms with Gasteiger partial charge in [0.25, 0.3) is 0 Å². The SMILES string of the molecule is CCCCCCCC(=O)N1CCN(C(=O)C(NS(=O)(=O)c2ccc(C)cc2)C(C)CC)CC1C. The number of sulfonamides is 1. The van der Waals surface area contributed by atoms with E-state index in [1.54, 1.807) is 29.2 Å². The van der Waals surface area contributed by atoms with Crippen LogP contribution in [-0.4, -0.2) is 61.7 Å². The molecule has 1 aliphatic rings. The first-order valence-corrected chi connectivity index (χ1v) is 14.3. The Bertz CT molecular complexity index is 901. The van der Waals surface area contributed by atoms with Crippen molar-refractivity contribution in [2.24, 2.45) is 5.92 Å². The Morgan fingerprint density at radius 3 is 2.29 bits per heavy atom. The molecule has 3 atom stereocenters. The van der Waals surface area contributed by atoms with Crippen LogP contribution in [0.15, 0.2) is 29.2 Å². The number of nitrogens with one attached hydrogen (secondary N) is 1. The van der Waals surface area contributed by atoms with Gasteiger partial charge >= 0.3 is 0 Å². The van der Waals surface area contributed by atoms with E-state index < -0.39 is 16.1 Å². The fraction of sp³-hybridized carbons (Fsp3) is 0.692. The minimum Gasteiger partial charge on any atom is -0.337 e. The molecule has 34 heavy (non-hydrogen) atoms. The number of rotatable bonds is 12. The van der Waals surface area contributed by atoms with Crippen molar-refractivity contribution in [3.63, 3.8) is 0 Å². The van der Waals surface area contributed by atoms with E-state index in [0.29, 0.717) is 32.5 Å². The first kappa shape index (κ1) is 28.3. The number of piperazine rings is 1. The lowest BCUT2D eigenvalue weighted by Gasteiger charge is -2.41. The molecule has 2 amide bonds. The van der Waals surface area contributed by atoms with Crippen LogP contribution < -0.4 is 4.72 Å². The molecule has 0 spiro atoms. The summed E-state index contributed by atoms with van der Waals surface area (Å²) in [4.78, 5) is 29.9. The van der Waals surface area contributed by atoms with E-state index in [9.17, 15) is 18.0 Å². The van der Waals surface area contributed by atoms with Crippen LogP contribution in [-0.2, 0) is 19.6 Å². The molecule has 0 aromatic heterocycles. The zero-order chi connectivity index (χ0) is 25.3. The maximum absolute atomic E-state index is 13.5. The highest BCUT2D eigenvalue weighted by Gasteiger charge is 2.36. The van der Waals surface area contributed by atoms with Crippen LogP contribution in [0.5, 0.6) is 0 Å². The van der Waals surface area contributed by atoms with Gasteiger partial charge in [-0.15, -0.1) is 0 Å². The van der Waals surface area contributed by atoms with Crippen LogP contribution >= 0.6 is 0 Å². The van der Waals surface area contributed by atoms with E-state index in [1.807, 2.05) is 32.6 Å². The number of aryl methyl sites for hydroxylation is 1. The number of hydrogen-bond donors (Lipinski definition) is 1. The highest BCUT2D eigenvalue weighted by molar-refractivity contribution is 7.89. The normalized spacial score (nSPS) is 18.6. The zero-order valence-corrected chi connectivity index (χ0v) is 22.4. The molecule has 192 valence electrons. The molecule has 0 bridgehead atoms. The Balaban J connectivity index is 2.02. The van der Waals surface area contributed by atoms with E-state index in [-0.39, 0.29) is 28.7 Å². The van der Waals surface area contributed by atoms with Crippen molar-refractivity contribution >= 4 is 21.8 Å². The van der Waals surface area contributed by atoms with Gasteiger partial charge in [0, 0.05) is 32.1 Å². The lowest BCUT2D eigenvalue weighted by atomic mass is 9.98. The molecule has 1 fully saturated rings. The van der Waals surface area contributed by atoms with Crippen molar-refractivity contribution in [2.75, 3.05) is 19.6 Å². The fourth-order valence-corrected chi connectivity index (χ4v) is 5.64. The van der Waals surface area contributed by atoms with Gasteiger partial charge in [0.1, 0.15) is 6.04 Å². The van der Waals surface area contributed by atoms with E-state index >= 15 is 0 Å². The molecule has 1 aromatic carbocycles. The van der Waals surface area contributed by atoms with E-state index in [0.717, 1.165) is 24.8 Å². The van der Waals surface area contributed by atoms with Gasteiger partial charge in [-0.3, -0.25) is 9.59 Å². The Morgan fingerprint density at radius 2 is 1.71 bits per heavy atom. The predicted molar refractivity (Wildman–Crippen MR) is 136 cm³/mol. The maximum Gasteiger partial charge on any atom is 0.241 e. The van der Waals surface area contributed by atoms with E-state index in [2.05, 4.69) is 11.6 Å². The summed E-state index contributed by atoms with van der Waals surface area (Å²) in [6.45, 7) is 11.2. The van der Waals surface area contributed by atoms with Crippen LogP contribution in [0.4, 0.5) is 0 Å². The lowest BCUT2D eigenvalue weighted by molar-refractivity contribution is -0.144. The van der Waals surface area contributed by atoms with Crippen molar-refractivity contribution in [2.45, 2.75) is 96.5 Å². The number of carbonyl (C=O) groups is 2. The molecular formula is C26H43N3O4S. The van der Waals surface area contributed by atoms with Gasteiger partial charge in [-0.1, -0.05) is 70.6 Å². The Hall–Kier alpha value is -1.93. The highest BCUT2D eigenvalue weighted by atomic mass is 32.2. The molecule has 1 saturated heterocycles. The van der Waals surface area contributed by atoms with Crippen molar-refractivity contribution < 1.29 is 18.0 Å². The smallest absolute Gasteiger partial charge is 0.241 e. The molecule has 7 nitrogen and oxygen atoms in total. The topological polar surface area (TPSA) is 86.8 Å². The molecular weight excluding hydrogens is 450 g/mol. The van der Waals surface area contributed by atoms with Crippen LogP contribution in [0, 0.1) is 12.8 Å². The van der Waals surface area contributed by atoms with Crippen molar-refractivity contribution in [1.29, 1.82) is 0 Å². The number of amides is 2. The molecule has 0 radical (unpaired) electrons. The second kappa shape index (κ2) is 13.2. The van der Waals surface area contributed by atoms with Crippen LogP contribution in [0.2, 0.25) is 0 Å². The monoisotopic (exact) mass is 493 g/mol. The third-order valence-corrected chi connectivity index (χ3v) is 8.30. The minimum atomic E-state index is -3.83. The first-order chi connectivity index (χ1) is 16.1. The summed E-state index contributed by atoms with van der Waals surface area (Å²) in [6.07, 6.45) is 6.74. The summed E-state index contributed by atoms with van der Waals surface area (Å²) < 4.78 is 28.7. The van der Waals surface area contributed by atoms with Gasteiger partial charge in [-0.25, -0.2) is 8.42 Å².